The molecule has 84 valence electrons. The Kier molecular flexibility index (Phi) is 5.07. The van der Waals surface area contributed by atoms with Gasteiger partial charge in [-0.1, -0.05) is 41.2 Å². The third-order valence-electron chi connectivity index (χ3n) is 1.94. The fourth-order valence-corrected chi connectivity index (χ4v) is 2.05. The fraction of sp³-hybridized carbons (Fsp3) is 0.833. The molecule has 0 aliphatic heterocycles. The van der Waals surface area contributed by atoms with E-state index in [0.717, 1.165) is 12.1 Å². The van der Waals surface area contributed by atoms with E-state index in [1.54, 1.807) is 0 Å². The summed E-state index contributed by atoms with van der Waals surface area (Å²) < 4.78 is 0.359. The van der Waals surface area contributed by atoms with Gasteiger partial charge in [0.25, 0.3) is 0 Å². The van der Waals surface area contributed by atoms with Crippen LogP contribution >= 0.6 is 11.8 Å². The van der Waals surface area contributed by atoms with E-state index >= 15 is 0 Å². The molecule has 0 aliphatic carbocycles. The Morgan fingerprint density at radius 1 is 1.21 bits per heavy atom. The summed E-state index contributed by atoms with van der Waals surface area (Å²) in [5, 5.41) is 3.11. The molecule has 0 spiro atoms. The van der Waals surface area contributed by atoms with E-state index in [9.17, 15) is 0 Å². The van der Waals surface area contributed by atoms with Gasteiger partial charge < -0.3 is 5.32 Å². The van der Waals surface area contributed by atoms with Gasteiger partial charge in [-0.05, 0) is 17.6 Å². The molecule has 0 aromatic carbocycles. The van der Waals surface area contributed by atoms with Crippen LogP contribution in [0.1, 0.15) is 41.0 Å². The molecule has 14 heavy (non-hydrogen) atoms. The van der Waals surface area contributed by atoms with Crippen LogP contribution in [0.15, 0.2) is 12.3 Å². The molecule has 1 N–H and O–H groups in total. The van der Waals surface area contributed by atoms with Gasteiger partial charge in [-0.15, -0.1) is 0 Å². The number of hydrogen-bond donors (Lipinski definition) is 1. The molecule has 0 saturated carbocycles. The second-order valence-electron chi connectivity index (χ2n) is 5.60. The first-order valence-corrected chi connectivity index (χ1v) is 6.14. The lowest BCUT2D eigenvalue weighted by Gasteiger charge is -2.29. The normalized spacial score (nSPS) is 12.7. The molecule has 0 unspecified atom stereocenters. The van der Waals surface area contributed by atoms with Crippen molar-refractivity contribution in [3.05, 3.63) is 12.3 Å². The van der Waals surface area contributed by atoms with Crippen molar-refractivity contribution in [3.63, 3.8) is 0 Å². The zero-order valence-corrected chi connectivity index (χ0v) is 11.3. The summed E-state index contributed by atoms with van der Waals surface area (Å²) >= 11 is 2.02. The minimum atomic E-state index is 0.331. The van der Waals surface area contributed by atoms with E-state index in [2.05, 4.69) is 46.5 Å². The van der Waals surface area contributed by atoms with E-state index < -0.39 is 0 Å². The molecule has 0 radical (unpaired) electrons. The molecule has 0 amide bonds. The first-order chi connectivity index (χ1) is 6.16. The molecule has 0 aromatic heterocycles. The van der Waals surface area contributed by atoms with Crippen LogP contribution in [-0.2, 0) is 0 Å². The van der Waals surface area contributed by atoms with Crippen molar-refractivity contribution >= 4 is 11.8 Å². The van der Waals surface area contributed by atoms with Crippen LogP contribution < -0.4 is 5.32 Å². The maximum absolute atomic E-state index is 3.98. The van der Waals surface area contributed by atoms with Crippen LogP contribution in [0, 0.1) is 5.41 Å². The highest BCUT2D eigenvalue weighted by Crippen LogP contribution is 2.34. The smallest absolute Gasteiger partial charge is 0.00753 e. The van der Waals surface area contributed by atoms with Crippen LogP contribution in [-0.4, -0.2) is 17.5 Å². The van der Waals surface area contributed by atoms with E-state index in [1.165, 1.54) is 5.75 Å². The molecular weight excluding hydrogens is 190 g/mol. The predicted octanol–water partition coefficient (Wildman–Crippen LogP) is 3.67. The summed E-state index contributed by atoms with van der Waals surface area (Å²) in [6, 6.07) is 0. The highest BCUT2D eigenvalue weighted by Gasteiger charge is 2.22. The van der Waals surface area contributed by atoms with E-state index in [1.807, 2.05) is 18.8 Å². The second kappa shape index (κ2) is 5.11. The zero-order valence-electron chi connectivity index (χ0n) is 10.5. The maximum Gasteiger partial charge on any atom is 0.00753 e. The van der Waals surface area contributed by atoms with E-state index in [0.29, 0.717) is 10.2 Å². The quantitative estimate of drug-likeness (QED) is 0.751. The van der Waals surface area contributed by atoms with Gasteiger partial charge in [0.2, 0.25) is 0 Å². The number of hydrogen-bond acceptors (Lipinski definition) is 2. The summed E-state index contributed by atoms with van der Waals surface area (Å²) in [4.78, 5) is 0. The molecule has 0 aromatic rings. The average molecular weight is 215 g/mol. The monoisotopic (exact) mass is 215 g/mol. The van der Waals surface area contributed by atoms with Crippen LogP contribution in [0.3, 0.4) is 0 Å². The summed E-state index contributed by atoms with van der Waals surface area (Å²) in [6.45, 7) is 15.4. The Balaban J connectivity index is 4.01. The molecule has 0 bridgehead atoms. The molecule has 0 heterocycles. The van der Waals surface area contributed by atoms with Crippen LogP contribution in [0.2, 0.25) is 0 Å². The average Bonchev–Trinajstić information content (AvgIpc) is 1.99. The topological polar surface area (TPSA) is 12.0 Å². The molecule has 1 nitrogen and oxygen atoms in total. The van der Waals surface area contributed by atoms with Crippen molar-refractivity contribution in [3.8, 4) is 0 Å². The standard InChI is InChI=1S/C12H25NS/c1-10(13-7)8-12(5,6)9-14-11(2,3)4/h13H,1,8-9H2,2-7H3. The van der Waals surface area contributed by atoms with Gasteiger partial charge in [-0.3, -0.25) is 0 Å². The molecular formula is C12H25NS. The summed E-state index contributed by atoms with van der Waals surface area (Å²) in [5.74, 6) is 1.18. The number of nitrogens with one attached hydrogen (secondary N) is 1. The van der Waals surface area contributed by atoms with Crippen LogP contribution in [0.25, 0.3) is 0 Å². The van der Waals surface area contributed by atoms with Crippen molar-refractivity contribution in [2.75, 3.05) is 12.8 Å². The van der Waals surface area contributed by atoms with Crippen molar-refractivity contribution in [1.29, 1.82) is 0 Å². The number of thioether (sulfide) groups is 1. The maximum atomic E-state index is 3.98. The van der Waals surface area contributed by atoms with Gasteiger partial charge in [0.1, 0.15) is 0 Å². The van der Waals surface area contributed by atoms with Crippen molar-refractivity contribution in [2.24, 2.45) is 5.41 Å². The molecule has 0 aliphatic rings. The van der Waals surface area contributed by atoms with Crippen molar-refractivity contribution in [1.82, 2.24) is 5.32 Å². The highest BCUT2D eigenvalue weighted by atomic mass is 32.2. The Morgan fingerprint density at radius 2 is 1.71 bits per heavy atom. The lowest BCUT2D eigenvalue weighted by Crippen LogP contribution is -2.22. The molecule has 0 fully saturated rings. The minimum absolute atomic E-state index is 0.331. The summed E-state index contributed by atoms with van der Waals surface area (Å²) in [6.07, 6.45) is 1.05. The first-order valence-electron chi connectivity index (χ1n) is 5.16. The zero-order chi connectivity index (χ0) is 11.4. The van der Waals surface area contributed by atoms with E-state index in [4.69, 9.17) is 0 Å². The number of allylic oxidation sites excluding steroid dienone is 1. The number of rotatable bonds is 5. The third-order valence-corrected chi connectivity index (χ3v) is 3.73. The minimum Gasteiger partial charge on any atom is -0.392 e. The van der Waals surface area contributed by atoms with Crippen molar-refractivity contribution < 1.29 is 0 Å². The van der Waals surface area contributed by atoms with Gasteiger partial charge >= 0.3 is 0 Å². The van der Waals surface area contributed by atoms with Crippen LogP contribution in [0.4, 0.5) is 0 Å². The lowest BCUT2D eigenvalue weighted by molar-refractivity contribution is 0.410. The Bertz CT molecular complexity index is 189. The summed E-state index contributed by atoms with van der Waals surface area (Å²) in [5.41, 5.74) is 1.46. The second-order valence-corrected chi connectivity index (χ2v) is 7.40. The van der Waals surface area contributed by atoms with Gasteiger partial charge in [-0.2, -0.15) is 11.8 Å². The molecule has 0 saturated heterocycles. The Hall–Kier alpha value is -0.110. The largest absolute Gasteiger partial charge is 0.392 e. The van der Waals surface area contributed by atoms with Crippen LogP contribution in [0.5, 0.6) is 0 Å². The van der Waals surface area contributed by atoms with Gasteiger partial charge in [0.05, 0.1) is 0 Å². The summed E-state index contributed by atoms with van der Waals surface area (Å²) in [7, 11) is 1.94. The molecule has 0 rings (SSSR count). The molecule has 0 atom stereocenters. The lowest BCUT2D eigenvalue weighted by atomic mass is 9.90. The Labute approximate surface area is 93.7 Å². The van der Waals surface area contributed by atoms with Gasteiger partial charge in [0.15, 0.2) is 0 Å². The van der Waals surface area contributed by atoms with Gasteiger partial charge in [0, 0.05) is 17.5 Å². The fourth-order valence-electron chi connectivity index (χ4n) is 1.13. The van der Waals surface area contributed by atoms with Gasteiger partial charge in [-0.25, -0.2) is 0 Å². The predicted molar refractivity (Wildman–Crippen MR) is 68.8 cm³/mol. The highest BCUT2D eigenvalue weighted by molar-refractivity contribution is 8.00. The first kappa shape index (κ1) is 13.9. The van der Waals surface area contributed by atoms with Crippen molar-refractivity contribution in [2.45, 2.75) is 45.8 Å². The third kappa shape index (κ3) is 7.31. The van der Waals surface area contributed by atoms with E-state index in [-0.39, 0.29) is 0 Å². The SMILES string of the molecule is C=C(CC(C)(C)CSC(C)(C)C)NC. The Morgan fingerprint density at radius 3 is 2.07 bits per heavy atom. The molecule has 2 heteroatoms.